The molecule has 9 aromatic carbocycles. The van der Waals surface area contributed by atoms with Crippen molar-refractivity contribution in [3.63, 3.8) is 0 Å². The topological polar surface area (TPSA) is 8.17 Å². The van der Waals surface area contributed by atoms with Gasteiger partial charge in [-0.05, 0) is 86.5 Å². The summed E-state index contributed by atoms with van der Waals surface area (Å²) in [7, 11) is 0. The molecule has 2 unspecified atom stereocenters. The molecule has 0 fully saturated rings. The Labute approximate surface area is 362 Å². The lowest BCUT2D eigenvalue weighted by Crippen LogP contribution is -2.28. The highest BCUT2D eigenvalue weighted by Crippen LogP contribution is 2.61. The average Bonchev–Trinajstić information content (AvgIpc) is 3.88. The van der Waals surface area contributed by atoms with Gasteiger partial charge in [-0.2, -0.15) is 0 Å². The van der Waals surface area contributed by atoms with E-state index in [1.807, 2.05) is 0 Å². The van der Waals surface area contributed by atoms with Gasteiger partial charge in [-0.3, -0.25) is 0 Å². The molecule has 1 aliphatic carbocycles. The molecule has 10 aromatic rings. The molecule has 1 aromatic heterocycles. The number of allylic oxidation sites excluding steroid dienone is 2. The van der Waals surface area contributed by atoms with Crippen LogP contribution < -0.4 is 4.90 Å². The van der Waals surface area contributed by atoms with Crippen LogP contribution in [0.15, 0.2) is 243 Å². The third kappa shape index (κ3) is 5.79. The van der Waals surface area contributed by atoms with Crippen LogP contribution in [0.4, 0.5) is 11.4 Å². The molecule has 0 bridgehead atoms. The first-order valence-electron chi connectivity index (χ1n) is 21.6. The van der Waals surface area contributed by atoms with Crippen LogP contribution in [0.2, 0.25) is 0 Å². The summed E-state index contributed by atoms with van der Waals surface area (Å²) in [4.78, 5) is 2.65. The Hall–Kier alpha value is -7.94. The third-order valence-corrected chi connectivity index (χ3v) is 12.9. The largest absolute Gasteiger partial charge is 0.333 e. The summed E-state index contributed by atoms with van der Waals surface area (Å²) in [6.45, 7) is 0. The highest BCUT2D eigenvalue weighted by molar-refractivity contribution is 6.11. The molecular weight excluding hydrogens is 749 g/mol. The molecule has 2 atom stereocenters. The van der Waals surface area contributed by atoms with E-state index in [4.69, 9.17) is 0 Å². The molecule has 0 saturated heterocycles. The van der Waals surface area contributed by atoms with Gasteiger partial charge in [-0.25, -0.2) is 0 Å². The van der Waals surface area contributed by atoms with E-state index in [0.29, 0.717) is 0 Å². The van der Waals surface area contributed by atoms with Crippen molar-refractivity contribution in [2.45, 2.75) is 12.0 Å². The van der Waals surface area contributed by atoms with Gasteiger partial charge in [0.15, 0.2) is 0 Å². The van der Waals surface area contributed by atoms with E-state index in [1.165, 1.54) is 94.4 Å². The Morgan fingerprint density at radius 3 is 1.31 bits per heavy atom. The first kappa shape index (κ1) is 36.0. The minimum atomic E-state index is 0.0637. The monoisotopic (exact) mass is 790 g/mol. The molecule has 292 valence electrons. The normalized spacial score (nSPS) is 15.3. The first-order chi connectivity index (χ1) is 30.8. The Balaban J connectivity index is 1.13. The fourth-order valence-electron chi connectivity index (χ4n) is 10.3. The van der Waals surface area contributed by atoms with Gasteiger partial charge in [0.1, 0.15) is 0 Å². The summed E-state index contributed by atoms with van der Waals surface area (Å²) in [5.74, 6) is 0.113. The molecule has 2 nitrogen and oxygen atoms in total. The summed E-state index contributed by atoms with van der Waals surface area (Å²) in [5, 5.41) is 2.53. The number of rotatable bonds is 7. The Morgan fingerprint density at radius 1 is 0.323 bits per heavy atom. The van der Waals surface area contributed by atoms with E-state index >= 15 is 0 Å². The number of hydrogen-bond acceptors (Lipinski definition) is 1. The summed E-state index contributed by atoms with van der Waals surface area (Å²) in [5.41, 5.74) is 19.6. The van der Waals surface area contributed by atoms with Crippen LogP contribution in [0, 0.1) is 0 Å². The summed E-state index contributed by atoms with van der Waals surface area (Å²) in [6, 6.07) is 80.1. The third-order valence-electron chi connectivity index (χ3n) is 12.9. The summed E-state index contributed by atoms with van der Waals surface area (Å²) >= 11 is 0. The molecule has 0 radical (unpaired) electrons. The Kier molecular flexibility index (Phi) is 8.67. The molecule has 2 heteroatoms. The van der Waals surface area contributed by atoms with Gasteiger partial charge < -0.3 is 9.47 Å². The van der Waals surface area contributed by atoms with Gasteiger partial charge in [0, 0.05) is 39.2 Å². The number of para-hydroxylation sites is 2. The van der Waals surface area contributed by atoms with Gasteiger partial charge in [0.05, 0.1) is 22.8 Å². The van der Waals surface area contributed by atoms with E-state index < -0.39 is 0 Å². The fraction of sp³-hybridized carbons (Fsp3) is 0.0333. The maximum absolute atomic E-state index is 2.65. The van der Waals surface area contributed by atoms with E-state index in [9.17, 15) is 0 Å². The van der Waals surface area contributed by atoms with Gasteiger partial charge in [0.2, 0.25) is 0 Å². The maximum Gasteiger partial charge on any atom is 0.0630 e. The minimum absolute atomic E-state index is 0.0637. The van der Waals surface area contributed by atoms with Crippen LogP contribution in [0.25, 0.3) is 83.1 Å². The van der Waals surface area contributed by atoms with Crippen molar-refractivity contribution in [3.8, 4) is 61.3 Å². The molecule has 1 aliphatic heterocycles. The van der Waals surface area contributed by atoms with Gasteiger partial charge in [0.25, 0.3) is 0 Å². The van der Waals surface area contributed by atoms with Crippen molar-refractivity contribution < 1.29 is 0 Å². The highest BCUT2D eigenvalue weighted by atomic mass is 15.2. The first-order valence-corrected chi connectivity index (χ1v) is 21.6. The SMILES string of the molecule is C1=CC2c3c(-c4ccccc4)c(-c4ccccc4)c(-c4ccccc4)c(-c4ccccc4)c3N(c3cccc(-c4cccc(-n5c6ccccc6c6ccccc65)c4)c3)C2C=C1. The number of nitrogens with zero attached hydrogens (tertiary/aromatic N) is 2. The molecule has 0 N–H and O–H groups in total. The number of benzene rings is 9. The molecule has 0 amide bonds. The second-order valence-electron chi connectivity index (χ2n) is 16.4. The molecule has 2 aliphatic rings. The zero-order valence-electron chi connectivity index (χ0n) is 34.1. The predicted octanol–water partition coefficient (Wildman–Crippen LogP) is 15.8. The molecule has 12 rings (SSSR count). The number of aromatic nitrogens is 1. The standard InChI is InChI=1S/C60H42N2/c1-5-21-41(22-6-1)55-56(42-23-7-2-8-24-42)58(44-27-11-4-12-28-44)60-59(57(55)43-25-9-3-10-26-43)51-35-15-18-38-54(51)62(60)48-32-20-30-46(40-48)45-29-19-31-47(39-45)61-52-36-16-13-33-49(52)50-34-14-17-37-53(50)61/h1-40,51,54H. The van der Waals surface area contributed by atoms with Crippen molar-refractivity contribution in [3.05, 3.63) is 248 Å². The van der Waals surface area contributed by atoms with Crippen molar-refractivity contribution in [1.29, 1.82) is 0 Å². The Bertz CT molecular complexity index is 3290. The molecule has 0 saturated carbocycles. The smallest absolute Gasteiger partial charge is 0.0630 e. The molecular formula is C60H42N2. The van der Waals surface area contributed by atoms with Crippen molar-refractivity contribution in [2.75, 3.05) is 4.90 Å². The number of anilines is 2. The van der Waals surface area contributed by atoms with Crippen LogP contribution in [0.1, 0.15) is 11.5 Å². The Morgan fingerprint density at radius 2 is 0.742 bits per heavy atom. The lowest BCUT2D eigenvalue weighted by atomic mass is 9.76. The van der Waals surface area contributed by atoms with Crippen LogP contribution in [-0.2, 0) is 0 Å². The van der Waals surface area contributed by atoms with Gasteiger partial charge in [-0.15, -0.1) is 0 Å². The minimum Gasteiger partial charge on any atom is -0.333 e. The van der Waals surface area contributed by atoms with Crippen LogP contribution in [0.3, 0.4) is 0 Å². The number of fused-ring (bicyclic) bond motifs is 6. The summed E-state index contributed by atoms with van der Waals surface area (Å²) in [6.07, 6.45) is 9.32. The highest BCUT2D eigenvalue weighted by Gasteiger charge is 2.43. The molecule has 2 heterocycles. The number of hydrogen-bond donors (Lipinski definition) is 0. The quantitative estimate of drug-likeness (QED) is 0.156. The van der Waals surface area contributed by atoms with Crippen molar-refractivity contribution in [1.82, 2.24) is 4.57 Å². The zero-order valence-corrected chi connectivity index (χ0v) is 34.1. The van der Waals surface area contributed by atoms with E-state index in [1.54, 1.807) is 0 Å². The van der Waals surface area contributed by atoms with Crippen LogP contribution in [0.5, 0.6) is 0 Å². The second kappa shape index (κ2) is 15.0. The second-order valence-corrected chi connectivity index (χ2v) is 16.4. The summed E-state index contributed by atoms with van der Waals surface area (Å²) < 4.78 is 2.41. The lowest BCUT2D eigenvalue weighted by molar-refractivity contribution is 0.745. The van der Waals surface area contributed by atoms with E-state index in [-0.39, 0.29) is 12.0 Å². The molecule has 62 heavy (non-hydrogen) atoms. The lowest BCUT2D eigenvalue weighted by Gasteiger charge is -2.31. The van der Waals surface area contributed by atoms with Crippen molar-refractivity contribution in [2.24, 2.45) is 0 Å². The molecule has 0 spiro atoms. The van der Waals surface area contributed by atoms with Gasteiger partial charge in [-0.1, -0.05) is 206 Å². The maximum atomic E-state index is 2.65. The van der Waals surface area contributed by atoms with E-state index in [2.05, 4.69) is 252 Å². The van der Waals surface area contributed by atoms with E-state index in [0.717, 1.165) is 5.69 Å². The average molecular weight is 791 g/mol. The van der Waals surface area contributed by atoms with Crippen molar-refractivity contribution >= 4 is 33.2 Å². The fourth-order valence-corrected chi connectivity index (χ4v) is 10.3. The van der Waals surface area contributed by atoms with Crippen LogP contribution >= 0.6 is 0 Å². The van der Waals surface area contributed by atoms with Gasteiger partial charge >= 0.3 is 0 Å². The zero-order chi connectivity index (χ0) is 41.0. The predicted molar refractivity (Wildman–Crippen MR) is 261 cm³/mol. The van der Waals surface area contributed by atoms with Crippen LogP contribution in [-0.4, -0.2) is 10.6 Å².